The Hall–Kier alpha value is -2.19. The molecule has 0 radical (unpaired) electrons. The molecule has 1 spiro atoms. The molecule has 9 heteroatoms. The molecule has 4 N–H and O–H groups in total. The van der Waals surface area contributed by atoms with E-state index in [-0.39, 0.29) is 41.1 Å². The van der Waals surface area contributed by atoms with Crippen LogP contribution in [0, 0.1) is 23.1 Å². The molecule has 2 aromatic rings. The van der Waals surface area contributed by atoms with Crippen LogP contribution in [0.4, 0.5) is 10.1 Å². The first-order chi connectivity index (χ1) is 17.4. The lowest BCUT2D eigenvalue weighted by molar-refractivity contribution is -0.126. The minimum Gasteiger partial charge on any atom is -0.394 e. The van der Waals surface area contributed by atoms with Crippen molar-refractivity contribution in [1.29, 1.82) is 0 Å². The maximum atomic E-state index is 14.9. The number of hydrogen-bond donors (Lipinski definition) is 4. The van der Waals surface area contributed by atoms with Crippen LogP contribution in [0.1, 0.15) is 57.1 Å². The SMILES string of the molecule is CC(C)(C)C[C@H]1C[C@@H](C(=O)NCC[C@H](O)CO)[C@H](c2cccc(Cl)c2)[C@@]12C(=O)Nc1cc(Cl)c(F)cc12. The van der Waals surface area contributed by atoms with Crippen molar-refractivity contribution >= 4 is 40.7 Å². The van der Waals surface area contributed by atoms with Gasteiger partial charge in [0.15, 0.2) is 0 Å². The fraction of sp³-hybridized carbons (Fsp3) is 0.500. The van der Waals surface area contributed by atoms with Crippen molar-refractivity contribution in [3.63, 3.8) is 0 Å². The van der Waals surface area contributed by atoms with Crippen LogP contribution in [0.15, 0.2) is 36.4 Å². The number of amides is 2. The molecule has 2 amide bonds. The fourth-order valence-electron chi connectivity index (χ4n) is 6.28. The van der Waals surface area contributed by atoms with E-state index in [0.29, 0.717) is 29.1 Å². The highest BCUT2D eigenvalue weighted by Crippen LogP contribution is 2.64. The molecule has 2 aliphatic rings. The normalized spacial score (nSPS) is 25.7. The number of hydrogen-bond acceptors (Lipinski definition) is 4. The van der Waals surface area contributed by atoms with Crippen LogP contribution in [-0.2, 0) is 15.0 Å². The van der Waals surface area contributed by atoms with Gasteiger partial charge in [0.2, 0.25) is 11.8 Å². The number of aliphatic hydroxyl groups excluding tert-OH is 2. The Labute approximate surface area is 226 Å². The van der Waals surface area contributed by atoms with Crippen LogP contribution >= 0.6 is 23.2 Å². The molecule has 0 saturated heterocycles. The van der Waals surface area contributed by atoms with E-state index in [2.05, 4.69) is 31.4 Å². The zero-order valence-electron chi connectivity index (χ0n) is 21.2. The van der Waals surface area contributed by atoms with Crippen molar-refractivity contribution in [2.24, 2.45) is 17.3 Å². The molecule has 1 aliphatic heterocycles. The summed E-state index contributed by atoms with van der Waals surface area (Å²) in [6.45, 7) is 6.01. The highest BCUT2D eigenvalue weighted by Gasteiger charge is 2.65. The van der Waals surface area contributed by atoms with E-state index in [0.717, 1.165) is 5.56 Å². The van der Waals surface area contributed by atoms with Crippen LogP contribution in [0.25, 0.3) is 0 Å². The van der Waals surface area contributed by atoms with E-state index in [4.69, 9.17) is 28.3 Å². The van der Waals surface area contributed by atoms with Crippen molar-refractivity contribution in [2.45, 2.75) is 57.5 Å². The van der Waals surface area contributed by atoms with Crippen LogP contribution in [0.2, 0.25) is 10.0 Å². The predicted molar refractivity (Wildman–Crippen MR) is 142 cm³/mol. The lowest BCUT2D eigenvalue weighted by Crippen LogP contribution is -2.45. The van der Waals surface area contributed by atoms with Crippen molar-refractivity contribution in [3.8, 4) is 0 Å². The number of halogens is 3. The van der Waals surface area contributed by atoms with Gasteiger partial charge in [-0.25, -0.2) is 4.39 Å². The minimum atomic E-state index is -1.22. The highest BCUT2D eigenvalue weighted by molar-refractivity contribution is 6.31. The van der Waals surface area contributed by atoms with Gasteiger partial charge in [-0.15, -0.1) is 0 Å². The number of nitrogens with one attached hydrogen (secondary N) is 2. The van der Waals surface area contributed by atoms with E-state index in [9.17, 15) is 19.1 Å². The zero-order valence-corrected chi connectivity index (χ0v) is 22.7. The molecule has 0 bridgehead atoms. The summed E-state index contributed by atoms with van der Waals surface area (Å²) in [4.78, 5) is 27.7. The van der Waals surface area contributed by atoms with Gasteiger partial charge in [0.05, 0.1) is 23.1 Å². The van der Waals surface area contributed by atoms with E-state index < -0.39 is 35.8 Å². The number of carbonyl (C=O) groups excluding carboxylic acids is 2. The Morgan fingerprint density at radius 3 is 2.65 bits per heavy atom. The summed E-state index contributed by atoms with van der Waals surface area (Å²) < 4.78 is 14.9. The summed E-state index contributed by atoms with van der Waals surface area (Å²) in [5.74, 6) is -2.69. The van der Waals surface area contributed by atoms with E-state index in [1.54, 1.807) is 18.2 Å². The molecular weight excluding hydrogens is 518 g/mol. The fourth-order valence-corrected chi connectivity index (χ4v) is 6.64. The van der Waals surface area contributed by atoms with E-state index >= 15 is 0 Å². The summed E-state index contributed by atoms with van der Waals surface area (Å²) in [7, 11) is 0. The van der Waals surface area contributed by atoms with Crippen LogP contribution < -0.4 is 10.6 Å². The topological polar surface area (TPSA) is 98.7 Å². The van der Waals surface area contributed by atoms with Gasteiger partial charge in [-0.1, -0.05) is 56.1 Å². The first-order valence-corrected chi connectivity index (χ1v) is 13.3. The Morgan fingerprint density at radius 1 is 1.27 bits per heavy atom. The van der Waals surface area contributed by atoms with Gasteiger partial charge in [0, 0.05) is 29.1 Å². The van der Waals surface area contributed by atoms with Crippen molar-refractivity contribution in [1.82, 2.24) is 5.32 Å². The second kappa shape index (κ2) is 10.5. The second-order valence-corrected chi connectivity index (χ2v) is 12.2. The lowest BCUT2D eigenvalue weighted by atomic mass is 9.62. The van der Waals surface area contributed by atoms with Gasteiger partial charge >= 0.3 is 0 Å². The molecule has 1 saturated carbocycles. The Bertz CT molecular complexity index is 1200. The maximum absolute atomic E-state index is 14.9. The number of rotatable bonds is 7. The molecule has 1 heterocycles. The van der Waals surface area contributed by atoms with Crippen LogP contribution in [0.5, 0.6) is 0 Å². The van der Waals surface area contributed by atoms with Crippen molar-refractivity contribution in [2.75, 3.05) is 18.5 Å². The quantitative estimate of drug-likeness (QED) is 0.388. The predicted octanol–water partition coefficient (Wildman–Crippen LogP) is 5.04. The first-order valence-electron chi connectivity index (χ1n) is 12.5. The molecule has 0 aromatic heterocycles. The third-order valence-electron chi connectivity index (χ3n) is 7.60. The van der Waals surface area contributed by atoms with E-state index in [1.807, 2.05) is 6.07 Å². The molecule has 5 atom stereocenters. The summed E-state index contributed by atoms with van der Waals surface area (Å²) in [5, 5.41) is 25.0. The smallest absolute Gasteiger partial charge is 0.236 e. The number of fused-ring (bicyclic) bond motifs is 2. The lowest BCUT2D eigenvalue weighted by Gasteiger charge is -2.38. The Kier molecular flexibility index (Phi) is 7.92. The molecule has 4 rings (SSSR count). The molecule has 0 unspecified atom stereocenters. The summed E-state index contributed by atoms with van der Waals surface area (Å²) in [6.07, 6.45) is 0.280. The van der Waals surface area contributed by atoms with Gasteiger partial charge in [-0.05, 0) is 66.0 Å². The largest absolute Gasteiger partial charge is 0.394 e. The average Bonchev–Trinajstić information content (AvgIpc) is 3.28. The van der Waals surface area contributed by atoms with Crippen molar-refractivity contribution in [3.05, 3.63) is 63.4 Å². The standard InChI is InChI=1S/C28H33Cl2FN2O4/c1-27(2,3)13-16-10-19(25(36)32-8-7-18(35)14-34)24(15-5-4-6-17(29)9-15)28(16)20-11-22(31)21(30)12-23(20)33-26(28)37/h4-6,9,11-12,16,18-19,24,34-35H,7-8,10,13-14H2,1-3H3,(H,32,36)(H,33,37)/t16-,18+,19-,24+,28-/m1/s1. The molecule has 37 heavy (non-hydrogen) atoms. The second-order valence-electron chi connectivity index (χ2n) is 11.4. The van der Waals surface area contributed by atoms with Gasteiger partial charge < -0.3 is 20.8 Å². The third kappa shape index (κ3) is 5.24. The number of aliphatic hydroxyl groups is 2. The Balaban J connectivity index is 1.89. The van der Waals surface area contributed by atoms with Crippen molar-refractivity contribution < 1.29 is 24.2 Å². The molecular formula is C28H33Cl2FN2O4. The molecule has 1 aliphatic carbocycles. The van der Waals surface area contributed by atoms with Crippen LogP contribution in [-0.4, -0.2) is 41.3 Å². The molecule has 200 valence electrons. The Morgan fingerprint density at radius 2 is 2.00 bits per heavy atom. The molecule has 6 nitrogen and oxygen atoms in total. The number of anilines is 1. The first kappa shape index (κ1) is 27.8. The van der Waals surface area contributed by atoms with Gasteiger partial charge in [-0.2, -0.15) is 0 Å². The van der Waals surface area contributed by atoms with Crippen LogP contribution in [0.3, 0.4) is 0 Å². The molecule has 2 aromatic carbocycles. The van der Waals surface area contributed by atoms with Gasteiger partial charge in [-0.3, -0.25) is 9.59 Å². The molecule has 1 fully saturated rings. The summed E-state index contributed by atoms with van der Waals surface area (Å²) >= 11 is 12.5. The van der Waals surface area contributed by atoms with E-state index in [1.165, 1.54) is 12.1 Å². The summed E-state index contributed by atoms with van der Waals surface area (Å²) in [6, 6.07) is 9.90. The maximum Gasteiger partial charge on any atom is 0.236 e. The van der Waals surface area contributed by atoms with Gasteiger partial charge in [0.25, 0.3) is 0 Å². The van der Waals surface area contributed by atoms with Gasteiger partial charge in [0.1, 0.15) is 5.82 Å². The highest BCUT2D eigenvalue weighted by atomic mass is 35.5. The monoisotopic (exact) mass is 550 g/mol. The zero-order chi connectivity index (χ0) is 27.1. The minimum absolute atomic E-state index is 0.0856. The number of benzene rings is 2. The summed E-state index contributed by atoms with van der Waals surface area (Å²) in [5.41, 5.74) is 0.281. The number of carbonyl (C=O) groups is 2. The average molecular weight is 551 g/mol. The third-order valence-corrected chi connectivity index (χ3v) is 8.12.